The molecule has 1 unspecified atom stereocenters. The molecule has 2 nitrogen and oxygen atoms in total. The molecule has 0 aromatic heterocycles. The van der Waals surface area contributed by atoms with E-state index in [0.29, 0.717) is 24.0 Å². The van der Waals surface area contributed by atoms with E-state index in [1.54, 1.807) is 0 Å². The molecule has 2 bridgehead atoms. The van der Waals surface area contributed by atoms with E-state index in [0.717, 1.165) is 11.8 Å². The van der Waals surface area contributed by atoms with Gasteiger partial charge in [-0.05, 0) is 67.0 Å². The zero-order valence-corrected chi connectivity index (χ0v) is 13.8. The minimum absolute atomic E-state index is 0.404. The summed E-state index contributed by atoms with van der Waals surface area (Å²) in [6.45, 7) is 7.40. The fourth-order valence-corrected chi connectivity index (χ4v) is 8.12. The van der Waals surface area contributed by atoms with Gasteiger partial charge in [0.25, 0.3) is 0 Å². The van der Waals surface area contributed by atoms with E-state index in [2.05, 4.69) is 20.8 Å². The maximum atomic E-state index is 9.39. The van der Waals surface area contributed by atoms with Crippen molar-refractivity contribution in [2.24, 2.45) is 23.2 Å². The molecule has 0 aliphatic heterocycles. The molecule has 0 amide bonds. The van der Waals surface area contributed by atoms with E-state index in [9.17, 15) is 5.11 Å². The van der Waals surface area contributed by atoms with Crippen molar-refractivity contribution in [3.63, 3.8) is 0 Å². The average Bonchev–Trinajstić information content (AvgIpc) is 2.99. The Morgan fingerprint density at radius 3 is 2.37 bits per heavy atom. The highest BCUT2D eigenvalue weighted by Gasteiger charge is 2.68. The second-order valence-electron chi connectivity index (χ2n) is 7.30. The summed E-state index contributed by atoms with van der Waals surface area (Å²) >= 11 is 0. The molecule has 0 spiro atoms. The van der Waals surface area contributed by atoms with E-state index in [1.165, 1.54) is 43.8 Å². The van der Waals surface area contributed by atoms with Crippen molar-refractivity contribution in [2.75, 3.05) is 6.61 Å². The van der Waals surface area contributed by atoms with Crippen LogP contribution in [0.2, 0.25) is 18.1 Å². The molecule has 110 valence electrons. The fourth-order valence-electron chi connectivity index (χ4n) is 5.16. The Kier molecular flexibility index (Phi) is 3.60. The normalized spacial score (nSPS) is 44.2. The highest BCUT2D eigenvalue weighted by atomic mass is 28.4. The molecule has 0 aromatic rings. The third-order valence-corrected chi connectivity index (χ3v) is 11.4. The molecule has 0 aromatic carbocycles. The van der Waals surface area contributed by atoms with Crippen molar-refractivity contribution in [3.8, 4) is 0 Å². The van der Waals surface area contributed by atoms with Crippen LogP contribution in [0.1, 0.15) is 46.5 Å². The van der Waals surface area contributed by atoms with E-state index in [-0.39, 0.29) is 0 Å². The summed E-state index contributed by atoms with van der Waals surface area (Å²) in [5.74, 6) is 2.25. The molecule has 3 heteroatoms. The smallest absolute Gasteiger partial charge is 0.192 e. The Morgan fingerprint density at radius 2 is 1.89 bits per heavy atom. The van der Waals surface area contributed by atoms with Gasteiger partial charge >= 0.3 is 0 Å². The quantitative estimate of drug-likeness (QED) is 0.720. The van der Waals surface area contributed by atoms with Gasteiger partial charge in [0.05, 0.1) is 6.10 Å². The third kappa shape index (κ3) is 1.96. The summed E-state index contributed by atoms with van der Waals surface area (Å²) in [5, 5.41) is 9.39. The lowest BCUT2D eigenvalue weighted by Crippen LogP contribution is -2.55. The number of rotatable bonds is 7. The van der Waals surface area contributed by atoms with Crippen LogP contribution in [0.5, 0.6) is 0 Å². The predicted molar refractivity (Wildman–Crippen MR) is 80.5 cm³/mol. The van der Waals surface area contributed by atoms with Crippen LogP contribution in [0.25, 0.3) is 0 Å². The molecule has 1 N–H and O–H groups in total. The van der Waals surface area contributed by atoms with Crippen LogP contribution in [0.4, 0.5) is 0 Å². The van der Waals surface area contributed by atoms with Crippen molar-refractivity contribution < 1.29 is 9.53 Å². The number of hydrogen-bond donors (Lipinski definition) is 1. The van der Waals surface area contributed by atoms with Crippen LogP contribution in [-0.2, 0) is 4.43 Å². The van der Waals surface area contributed by atoms with Crippen LogP contribution >= 0.6 is 0 Å². The van der Waals surface area contributed by atoms with Gasteiger partial charge in [0.15, 0.2) is 8.32 Å². The summed E-state index contributed by atoms with van der Waals surface area (Å²) in [7, 11) is -1.45. The van der Waals surface area contributed by atoms with Gasteiger partial charge in [-0.1, -0.05) is 20.8 Å². The number of fused-ring (bicyclic) bond motifs is 1. The first-order valence-electron chi connectivity index (χ1n) is 8.43. The number of hydrogen-bond acceptors (Lipinski definition) is 2. The molecular weight excluding hydrogens is 252 g/mol. The molecule has 19 heavy (non-hydrogen) atoms. The van der Waals surface area contributed by atoms with Crippen LogP contribution in [0.15, 0.2) is 0 Å². The van der Waals surface area contributed by atoms with Crippen LogP contribution in [0.3, 0.4) is 0 Å². The molecule has 4 rings (SSSR count). The maximum Gasteiger partial charge on any atom is 0.192 e. The van der Waals surface area contributed by atoms with Crippen molar-refractivity contribution in [1.29, 1.82) is 0 Å². The topological polar surface area (TPSA) is 29.5 Å². The lowest BCUT2D eigenvalue weighted by atomic mass is 9.63. The van der Waals surface area contributed by atoms with Crippen LogP contribution in [-0.4, -0.2) is 26.1 Å². The molecule has 5 atom stereocenters. The number of aliphatic hydroxyl groups excluding tert-OH is 1. The first-order valence-corrected chi connectivity index (χ1v) is 11.0. The molecule has 4 aliphatic carbocycles. The highest BCUT2D eigenvalue weighted by molar-refractivity contribution is 6.73. The Morgan fingerprint density at radius 1 is 1.21 bits per heavy atom. The second kappa shape index (κ2) is 4.85. The summed E-state index contributed by atoms with van der Waals surface area (Å²) < 4.78 is 6.86. The largest absolute Gasteiger partial charge is 0.413 e. The van der Waals surface area contributed by atoms with E-state index >= 15 is 0 Å². The van der Waals surface area contributed by atoms with Gasteiger partial charge in [0, 0.05) is 6.61 Å². The number of aliphatic hydroxyl groups is 1. The van der Waals surface area contributed by atoms with Crippen molar-refractivity contribution >= 4 is 8.32 Å². The molecule has 4 aliphatic rings. The third-order valence-electron chi connectivity index (χ3n) is 6.82. The Balaban J connectivity index is 1.72. The zero-order valence-electron chi connectivity index (χ0n) is 12.8. The summed E-state index contributed by atoms with van der Waals surface area (Å²) in [6, 6.07) is 3.81. The van der Waals surface area contributed by atoms with E-state index in [4.69, 9.17) is 4.43 Å². The summed E-state index contributed by atoms with van der Waals surface area (Å²) in [6.07, 6.45) is 6.01. The Bertz CT molecular complexity index is 329. The van der Waals surface area contributed by atoms with Crippen molar-refractivity contribution in [1.82, 2.24) is 0 Å². The Hall–Kier alpha value is 0.137. The molecule has 0 heterocycles. The lowest BCUT2D eigenvalue weighted by molar-refractivity contribution is -0.0753. The molecule has 4 saturated carbocycles. The SMILES string of the molecule is CC[Si](CC)(CC)OC1[C@@H]2CC[C@@]1([C@@H]1C[C@H]1CO)C2. The molecule has 0 radical (unpaired) electrons. The zero-order chi connectivity index (χ0) is 13.7. The first-order chi connectivity index (χ1) is 9.14. The van der Waals surface area contributed by atoms with Gasteiger partial charge in [-0.2, -0.15) is 0 Å². The summed E-state index contributed by atoms with van der Waals surface area (Å²) in [5.41, 5.74) is 0.496. The van der Waals surface area contributed by atoms with Gasteiger partial charge in [0.1, 0.15) is 0 Å². The van der Waals surface area contributed by atoms with Gasteiger partial charge in [0.2, 0.25) is 0 Å². The second-order valence-corrected chi connectivity index (χ2v) is 12.0. The van der Waals surface area contributed by atoms with Gasteiger partial charge < -0.3 is 9.53 Å². The van der Waals surface area contributed by atoms with Crippen molar-refractivity contribution in [3.05, 3.63) is 0 Å². The van der Waals surface area contributed by atoms with Gasteiger partial charge in [-0.15, -0.1) is 0 Å². The van der Waals surface area contributed by atoms with Crippen LogP contribution in [0, 0.1) is 23.2 Å². The standard InChI is InChI=1S/C16H30O2Si/c1-4-19(5-2,6-3)18-15-12-7-8-16(15,10-12)14-9-13(14)11-17/h12-15,17H,4-11H2,1-3H3/t12-,13+,14-,15?,16+/m1/s1. The van der Waals surface area contributed by atoms with E-state index < -0.39 is 8.32 Å². The monoisotopic (exact) mass is 282 g/mol. The molecule has 0 saturated heterocycles. The lowest BCUT2D eigenvalue weighted by Gasteiger charge is -2.52. The minimum atomic E-state index is -1.45. The van der Waals surface area contributed by atoms with Crippen molar-refractivity contribution in [2.45, 2.75) is 70.7 Å². The fraction of sp³-hybridized carbons (Fsp3) is 1.00. The maximum absolute atomic E-state index is 9.39. The Labute approximate surface area is 119 Å². The average molecular weight is 282 g/mol. The predicted octanol–water partition coefficient (Wildman–Crippen LogP) is 3.81. The van der Waals surface area contributed by atoms with Crippen LogP contribution < -0.4 is 0 Å². The van der Waals surface area contributed by atoms with Gasteiger partial charge in [-0.3, -0.25) is 0 Å². The van der Waals surface area contributed by atoms with Gasteiger partial charge in [-0.25, -0.2) is 0 Å². The van der Waals surface area contributed by atoms with E-state index in [1.807, 2.05) is 0 Å². The first kappa shape index (κ1) is 14.1. The summed E-state index contributed by atoms with van der Waals surface area (Å²) in [4.78, 5) is 0. The minimum Gasteiger partial charge on any atom is -0.413 e. The molecular formula is C16H30O2Si. The highest BCUT2D eigenvalue weighted by Crippen LogP contribution is 2.71. The molecule has 4 fully saturated rings.